The highest BCUT2D eigenvalue weighted by Crippen LogP contribution is 2.45. The first-order chi connectivity index (χ1) is 28.3. The summed E-state index contributed by atoms with van der Waals surface area (Å²) in [5, 5.41) is 143. The largest absolute Gasteiger partial charge is 0.508 e. The first kappa shape index (κ1) is 40.4. The Kier molecular flexibility index (Phi) is 10.3. The first-order valence-corrected chi connectivity index (χ1v) is 16.3. The Hall–Kier alpha value is -9.27. The number of benzene rings is 6. The lowest BCUT2D eigenvalue weighted by molar-refractivity contribution is -0.104. The quantitative estimate of drug-likeness (QED) is 0.0272. The van der Waals surface area contributed by atoms with Gasteiger partial charge in [0.05, 0.1) is 33.4 Å². The number of rotatable bonds is 12. The van der Waals surface area contributed by atoms with E-state index in [1.807, 2.05) is 0 Å². The fourth-order valence-corrected chi connectivity index (χ4v) is 5.44. The van der Waals surface area contributed by atoms with Crippen LogP contribution in [0.5, 0.6) is 103 Å². The van der Waals surface area contributed by atoms with Crippen LogP contribution in [0.4, 0.5) is 0 Å². The molecule has 0 heterocycles. The summed E-state index contributed by atoms with van der Waals surface area (Å²) >= 11 is 0. The topological polar surface area (TPSA) is 371 Å². The van der Waals surface area contributed by atoms with Gasteiger partial charge in [0, 0.05) is 36.4 Å². The van der Waals surface area contributed by atoms with Crippen LogP contribution < -0.4 is 19.6 Å². The molecular weight excluding hydrogens is 804 g/mol. The lowest BCUT2D eigenvalue weighted by atomic mass is 10.00. The molecule has 0 aliphatic rings. The van der Waals surface area contributed by atoms with Gasteiger partial charge >= 0.3 is 0 Å². The molecule has 21 heteroatoms. The van der Waals surface area contributed by atoms with E-state index in [0.717, 1.165) is 24.3 Å². The van der Waals surface area contributed by atoms with E-state index in [-0.39, 0.29) is 0 Å². The molecule has 14 N–H and O–H groups in total. The van der Waals surface area contributed by atoms with E-state index in [4.69, 9.17) is 19.6 Å². The highest BCUT2D eigenvalue weighted by molar-refractivity contribution is 6.15. The van der Waals surface area contributed by atoms with E-state index < -0.39 is 154 Å². The van der Waals surface area contributed by atoms with Gasteiger partial charge in [-0.3, -0.25) is 33.9 Å². The summed E-state index contributed by atoms with van der Waals surface area (Å²) in [7, 11) is 0. The van der Waals surface area contributed by atoms with E-state index in [0.29, 0.717) is 48.5 Å². The van der Waals surface area contributed by atoms with Crippen molar-refractivity contribution in [2.45, 2.75) is 0 Å². The van der Waals surface area contributed by atoms with Crippen molar-refractivity contribution in [3.8, 4) is 103 Å². The van der Waals surface area contributed by atoms with Gasteiger partial charge in [-0.15, -0.1) is 0 Å². The molecule has 0 fully saturated rings. The molecule has 0 atom stereocenters. The number of carbonyl (C=O) groups excluding carboxylic acids is 3. The molecule has 6 aromatic carbocycles. The summed E-state index contributed by atoms with van der Waals surface area (Å²) in [5.74, 6) is -19.7. The van der Waals surface area contributed by atoms with E-state index in [1.54, 1.807) is 0 Å². The Bertz CT molecular complexity index is 2780. The van der Waals surface area contributed by atoms with Crippen LogP contribution in [0, 0.1) is 0 Å². The number of ketones is 3. The third-order valence-electron chi connectivity index (χ3n) is 8.38. The molecular formula is C39H26O21. The molecule has 0 aliphatic carbocycles. The second-order valence-electron chi connectivity index (χ2n) is 12.4. The van der Waals surface area contributed by atoms with E-state index in [2.05, 4.69) is 0 Å². The molecule has 0 saturated heterocycles. The zero-order chi connectivity index (χ0) is 43.9. The standard InChI is InChI=1S/C39H26O21/c40-13-3-19(35(53)27(48)6-13)33(51)17-10-30(26(47)11-23(17)44)58-60-39-21(5-14(41)7-28(39)49)34(52)20-4-15(42)8-31(36(20)54)59-57-29-12-25(46)24(45)9-18(29)32(50)16-1-2-22(43)38(56)37(16)55/h1-12,40-49,53-56H. The molecule has 6 aromatic rings. The molecule has 60 heavy (non-hydrogen) atoms. The predicted molar refractivity (Wildman–Crippen MR) is 195 cm³/mol. The van der Waals surface area contributed by atoms with Crippen molar-refractivity contribution in [1.82, 2.24) is 0 Å². The molecule has 21 nitrogen and oxygen atoms in total. The van der Waals surface area contributed by atoms with Gasteiger partial charge < -0.3 is 71.5 Å². The van der Waals surface area contributed by atoms with Crippen LogP contribution in [0.2, 0.25) is 0 Å². The minimum atomic E-state index is -1.36. The maximum absolute atomic E-state index is 13.9. The zero-order valence-electron chi connectivity index (χ0n) is 29.5. The zero-order valence-corrected chi connectivity index (χ0v) is 29.5. The van der Waals surface area contributed by atoms with Crippen LogP contribution in [0.15, 0.2) is 72.8 Å². The number of carbonyl (C=O) groups is 3. The van der Waals surface area contributed by atoms with Gasteiger partial charge in [-0.05, 0) is 36.4 Å². The molecule has 0 amide bonds. The van der Waals surface area contributed by atoms with Crippen LogP contribution in [0.25, 0.3) is 0 Å². The number of hydrogen-bond donors (Lipinski definition) is 14. The second kappa shape index (κ2) is 15.3. The Morgan fingerprint density at radius 3 is 1.52 bits per heavy atom. The number of phenolic OH excluding ortho intramolecular Hbond substituents is 14. The molecule has 0 radical (unpaired) electrons. The van der Waals surface area contributed by atoms with E-state index >= 15 is 0 Å². The third-order valence-corrected chi connectivity index (χ3v) is 8.38. The molecule has 0 aliphatic heterocycles. The van der Waals surface area contributed by atoms with Gasteiger partial charge in [-0.1, -0.05) is 0 Å². The van der Waals surface area contributed by atoms with Crippen LogP contribution in [0.1, 0.15) is 47.8 Å². The van der Waals surface area contributed by atoms with Crippen LogP contribution in [-0.2, 0) is 0 Å². The summed E-state index contributed by atoms with van der Waals surface area (Å²) < 4.78 is 0. The van der Waals surface area contributed by atoms with Gasteiger partial charge in [-0.25, -0.2) is 0 Å². The first-order valence-electron chi connectivity index (χ1n) is 16.3. The Morgan fingerprint density at radius 1 is 0.300 bits per heavy atom. The maximum atomic E-state index is 13.9. The molecule has 6 rings (SSSR count). The fraction of sp³-hybridized carbons (Fsp3) is 0. The molecule has 0 saturated carbocycles. The van der Waals surface area contributed by atoms with Gasteiger partial charge in [0.25, 0.3) is 0 Å². The van der Waals surface area contributed by atoms with Gasteiger partial charge in [0.15, 0.2) is 57.5 Å². The molecule has 0 unspecified atom stereocenters. The van der Waals surface area contributed by atoms with Crippen molar-refractivity contribution in [1.29, 1.82) is 0 Å². The van der Waals surface area contributed by atoms with Crippen molar-refractivity contribution >= 4 is 17.3 Å². The molecule has 0 aromatic heterocycles. The lowest BCUT2D eigenvalue weighted by Crippen LogP contribution is -2.11. The van der Waals surface area contributed by atoms with Gasteiger partial charge in [-0.2, -0.15) is 0 Å². The summed E-state index contributed by atoms with van der Waals surface area (Å²) in [6.07, 6.45) is 0. The SMILES string of the molecule is O=C(c1cc(OOc2c(O)cc(O)cc2C(=O)c2cc(O)cc(OOc3cc(O)c(O)cc3C(=O)c3ccc(O)c(O)c3O)c2O)c(O)cc1O)c1cc(O)cc(O)c1O. The number of hydrogen-bond acceptors (Lipinski definition) is 21. The summed E-state index contributed by atoms with van der Waals surface area (Å²) in [6, 6.07) is 8.52. The predicted octanol–water partition coefficient (Wildman–Crippen LogP) is 4.00. The van der Waals surface area contributed by atoms with Crippen molar-refractivity contribution in [3.63, 3.8) is 0 Å². The van der Waals surface area contributed by atoms with Crippen molar-refractivity contribution in [3.05, 3.63) is 106 Å². The van der Waals surface area contributed by atoms with E-state index in [1.165, 1.54) is 0 Å². The van der Waals surface area contributed by atoms with E-state index in [9.17, 15) is 85.9 Å². The van der Waals surface area contributed by atoms with Crippen molar-refractivity contribution < 1.29 is 105 Å². The van der Waals surface area contributed by atoms with Gasteiger partial charge in [0.2, 0.25) is 40.3 Å². The highest BCUT2D eigenvalue weighted by Gasteiger charge is 2.29. The normalized spacial score (nSPS) is 10.8. The maximum Gasteiger partial charge on any atom is 0.231 e. The van der Waals surface area contributed by atoms with Gasteiger partial charge in [0.1, 0.15) is 23.0 Å². The average Bonchev–Trinajstić information content (AvgIpc) is 3.18. The molecule has 0 bridgehead atoms. The monoisotopic (exact) mass is 830 g/mol. The Labute approximate surface area is 332 Å². The summed E-state index contributed by atoms with van der Waals surface area (Å²) in [5.41, 5.74) is -4.35. The van der Waals surface area contributed by atoms with Crippen LogP contribution in [0.3, 0.4) is 0 Å². The minimum absolute atomic E-state index is 0.587. The fourth-order valence-electron chi connectivity index (χ4n) is 5.44. The number of phenols is 14. The molecule has 0 spiro atoms. The minimum Gasteiger partial charge on any atom is -0.508 e. The smallest absolute Gasteiger partial charge is 0.231 e. The van der Waals surface area contributed by atoms with Crippen LogP contribution in [-0.4, -0.2) is 88.8 Å². The van der Waals surface area contributed by atoms with Crippen molar-refractivity contribution in [2.24, 2.45) is 0 Å². The average molecular weight is 831 g/mol. The van der Waals surface area contributed by atoms with Crippen LogP contribution >= 0.6 is 0 Å². The third kappa shape index (κ3) is 7.49. The number of aromatic hydroxyl groups is 14. The Morgan fingerprint density at radius 2 is 0.833 bits per heavy atom. The second-order valence-corrected chi connectivity index (χ2v) is 12.4. The summed E-state index contributed by atoms with van der Waals surface area (Å²) in [4.78, 5) is 60.7. The molecule has 308 valence electrons. The van der Waals surface area contributed by atoms with Crippen molar-refractivity contribution in [2.75, 3.05) is 0 Å². The lowest BCUT2D eigenvalue weighted by Gasteiger charge is -2.16. The summed E-state index contributed by atoms with van der Waals surface area (Å²) in [6.45, 7) is 0. The highest BCUT2D eigenvalue weighted by atomic mass is 17.2. The Balaban J connectivity index is 1.31.